The lowest BCUT2D eigenvalue weighted by atomic mass is 10.1. The molecule has 0 spiro atoms. The third kappa shape index (κ3) is 4.29. The summed E-state index contributed by atoms with van der Waals surface area (Å²) in [5.41, 5.74) is 0.726. The van der Waals surface area contributed by atoms with Crippen LogP contribution < -0.4 is 0 Å². The van der Waals surface area contributed by atoms with Crippen molar-refractivity contribution in [3.63, 3.8) is 0 Å². The van der Waals surface area contributed by atoms with Gasteiger partial charge >= 0.3 is 6.09 Å². The molecule has 0 aliphatic carbocycles. The smallest absolute Gasteiger partial charge is 0.410 e. The molecule has 0 N–H and O–H groups in total. The highest BCUT2D eigenvalue weighted by molar-refractivity contribution is 5.94. The number of piperazine rings is 1. The highest BCUT2D eigenvalue weighted by Gasteiger charge is 2.32. The molecule has 1 atom stereocenters. The molecule has 1 heterocycles. The number of benzene rings is 1. The zero-order chi connectivity index (χ0) is 17.9. The number of nitrogens with zero attached hydrogens (tertiary/aromatic N) is 2. The largest absolute Gasteiger partial charge is 0.444 e. The molecular formula is C19H24N2O3. The van der Waals surface area contributed by atoms with Crippen molar-refractivity contribution >= 4 is 12.0 Å². The Morgan fingerprint density at radius 2 is 2.00 bits per heavy atom. The molecule has 2 rings (SSSR count). The van der Waals surface area contributed by atoms with Gasteiger partial charge in [0.1, 0.15) is 5.60 Å². The van der Waals surface area contributed by atoms with E-state index >= 15 is 0 Å². The molecule has 2 amide bonds. The van der Waals surface area contributed by atoms with Gasteiger partial charge in [-0.2, -0.15) is 0 Å². The van der Waals surface area contributed by atoms with Gasteiger partial charge in [0.05, 0.1) is 0 Å². The van der Waals surface area contributed by atoms with Crippen LogP contribution in [0.25, 0.3) is 0 Å². The van der Waals surface area contributed by atoms with Crippen LogP contribution in [-0.4, -0.2) is 53.1 Å². The van der Waals surface area contributed by atoms with E-state index in [2.05, 4.69) is 5.92 Å². The summed E-state index contributed by atoms with van der Waals surface area (Å²) in [6.45, 7) is 8.84. The van der Waals surface area contributed by atoms with Crippen molar-refractivity contribution in [2.45, 2.75) is 39.3 Å². The fourth-order valence-electron chi connectivity index (χ4n) is 2.66. The maximum Gasteiger partial charge on any atom is 0.410 e. The van der Waals surface area contributed by atoms with Gasteiger partial charge in [0.2, 0.25) is 0 Å². The monoisotopic (exact) mass is 328 g/mol. The van der Waals surface area contributed by atoms with Gasteiger partial charge < -0.3 is 14.5 Å². The van der Waals surface area contributed by atoms with E-state index in [1.165, 1.54) is 0 Å². The lowest BCUT2D eigenvalue weighted by Crippen LogP contribution is -2.56. The van der Waals surface area contributed by atoms with E-state index in [0.717, 1.165) is 0 Å². The van der Waals surface area contributed by atoms with Crippen molar-refractivity contribution in [2.24, 2.45) is 0 Å². The van der Waals surface area contributed by atoms with Crippen LogP contribution >= 0.6 is 0 Å². The summed E-state index contributed by atoms with van der Waals surface area (Å²) in [6.07, 6.45) is 5.05. The molecule has 0 radical (unpaired) electrons. The maximum absolute atomic E-state index is 12.6. The second kappa shape index (κ2) is 6.96. The molecule has 1 aromatic carbocycles. The minimum atomic E-state index is -0.528. The van der Waals surface area contributed by atoms with Gasteiger partial charge in [-0.05, 0) is 45.9 Å². The first kappa shape index (κ1) is 17.9. The Morgan fingerprint density at radius 3 is 2.58 bits per heavy atom. The fraction of sp³-hybridized carbons (Fsp3) is 0.474. The molecule has 1 aliphatic heterocycles. The molecule has 5 heteroatoms. The first-order valence-electron chi connectivity index (χ1n) is 8.07. The number of ether oxygens (including phenoxy) is 1. The Kier molecular flexibility index (Phi) is 5.18. The van der Waals surface area contributed by atoms with E-state index in [9.17, 15) is 9.59 Å². The Labute approximate surface area is 143 Å². The van der Waals surface area contributed by atoms with Crippen molar-refractivity contribution in [3.05, 3.63) is 35.4 Å². The number of hydrogen-bond donors (Lipinski definition) is 0. The SMILES string of the molecule is C#Cc1cccc(C(=O)N2CCN(C(=O)OC(C)(C)C)C(C)C2)c1. The first-order chi connectivity index (χ1) is 11.2. The third-order valence-corrected chi connectivity index (χ3v) is 3.82. The summed E-state index contributed by atoms with van der Waals surface area (Å²) in [6, 6.07) is 6.94. The molecule has 0 bridgehead atoms. The van der Waals surface area contributed by atoms with Gasteiger partial charge in [0, 0.05) is 36.8 Å². The van der Waals surface area contributed by atoms with Crippen molar-refractivity contribution in [1.29, 1.82) is 0 Å². The van der Waals surface area contributed by atoms with Gasteiger partial charge in [0.15, 0.2) is 0 Å². The van der Waals surface area contributed by atoms with E-state index in [0.29, 0.717) is 30.8 Å². The van der Waals surface area contributed by atoms with Gasteiger partial charge in [-0.1, -0.05) is 12.0 Å². The molecule has 1 unspecified atom stereocenters. The average molecular weight is 328 g/mol. The normalized spacial score (nSPS) is 18.0. The second-order valence-electron chi connectivity index (χ2n) is 7.00. The predicted octanol–water partition coefficient (Wildman–Crippen LogP) is 2.75. The highest BCUT2D eigenvalue weighted by atomic mass is 16.6. The molecular weight excluding hydrogens is 304 g/mol. The molecule has 1 fully saturated rings. The maximum atomic E-state index is 12.6. The zero-order valence-corrected chi connectivity index (χ0v) is 14.7. The summed E-state index contributed by atoms with van der Waals surface area (Å²) < 4.78 is 5.42. The number of carbonyl (C=O) groups excluding carboxylic acids is 2. The van der Waals surface area contributed by atoms with Crippen LogP contribution in [0.1, 0.15) is 43.6 Å². The predicted molar refractivity (Wildman–Crippen MR) is 92.7 cm³/mol. The average Bonchev–Trinajstić information content (AvgIpc) is 2.52. The van der Waals surface area contributed by atoms with Gasteiger partial charge in [-0.15, -0.1) is 6.42 Å². The van der Waals surface area contributed by atoms with Crippen LogP contribution in [0.3, 0.4) is 0 Å². The summed E-state index contributed by atoms with van der Waals surface area (Å²) >= 11 is 0. The van der Waals surface area contributed by atoms with E-state index in [1.54, 1.807) is 34.1 Å². The molecule has 5 nitrogen and oxygen atoms in total. The van der Waals surface area contributed by atoms with Crippen molar-refractivity contribution < 1.29 is 14.3 Å². The van der Waals surface area contributed by atoms with Crippen LogP contribution in [0.5, 0.6) is 0 Å². The number of hydrogen-bond acceptors (Lipinski definition) is 3. The molecule has 0 aromatic heterocycles. The summed E-state index contributed by atoms with van der Waals surface area (Å²) in [5.74, 6) is 2.47. The number of amides is 2. The highest BCUT2D eigenvalue weighted by Crippen LogP contribution is 2.17. The van der Waals surface area contributed by atoms with Crippen molar-refractivity contribution in [1.82, 2.24) is 9.80 Å². The van der Waals surface area contributed by atoms with Gasteiger partial charge in [-0.25, -0.2) is 4.79 Å². The van der Waals surface area contributed by atoms with Crippen molar-refractivity contribution in [3.8, 4) is 12.3 Å². The molecule has 0 saturated carbocycles. The number of rotatable bonds is 1. The molecule has 1 saturated heterocycles. The summed E-state index contributed by atoms with van der Waals surface area (Å²) in [4.78, 5) is 28.3. The van der Waals surface area contributed by atoms with E-state index in [1.807, 2.05) is 27.7 Å². The third-order valence-electron chi connectivity index (χ3n) is 3.82. The Bertz CT molecular complexity index is 670. The Balaban J connectivity index is 2.03. The van der Waals surface area contributed by atoms with Crippen molar-refractivity contribution in [2.75, 3.05) is 19.6 Å². The quantitative estimate of drug-likeness (QED) is 0.745. The number of carbonyl (C=O) groups is 2. The molecule has 1 aromatic rings. The van der Waals surface area contributed by atoms with Crippen LogP contribution in [0.4, 0.5) is 4.79 Å². The molecule has 128 valence electrons. The topological polar surface area (TPSA) is 49.9 Å². The Hall–Kier alpha value is -2.48. The fourth-order valence-corrected chi connectivity index (χ4v) is 2.66. The molecule has 1 aliphatic rings. The Morgan fingerprint density at radius 1 is 1.29 bits per heavy atom. The number of terminal acetylenes is 1. The summed E-state index contributed by atoms with van der Waals surface area (Å²) in [7, 11) is 0. The van der Waals surface area contributed by atoms with Crippen LogP contribution in [-0.2, 0) is 4.74 Å². The van der Waals surface area contributed by atoms with Crippen LogP contribution in [0.2, 0.25) is 0 Å². The van der Waals surface area contributed by atoms with Crippen LogP contribution in [0.15, 0.2) is 24.3 Å². The van der Waals surface area contributed by atoms with Gasteiger partial charge in [0.25, 0.3) is 5.91 Å². The lowest BCUT2D eigenvalue weighted by Gasteiger charge is -2.40. The van der Waals surface area contributed by atoms with Crippen LogP contribution in [0, 0.1) is 12.3 Å². The van der Waals surface area contributed by atoms with Gasteiger partial charge in [-0.3, -0.25) is 4.79 Å². The minimum absolute atomic E-state index is 0.0669. The summed E-state index contributed by atoms with van der Waals surface area (Å²) in [5, 5.41) is 0. The first-order valence-corrected chi connectivity index (χ1v) is 8.07. The standard InChI is InChI=1S/C19H24N2O3/c1-6-15-8-7-9-16(12-15)17(22)20-10-11-21(14(2)13-20)18(23)24-19(3,4)5/h1,7-9,12,14H,10-11,13H2,2-5H3. The lowest BCUT2D eigenvalue weighted by molar-refractivity contribution is 0.00198. The minimum Gasteiger partial charge on any atom is -0.444 e. The second-order valence-corrected chi connectivity index (χ2v) is 7.00. The van der Waals surface area contributed by atoms with E-state index in [4.69, 9.17) is 11.2 Å². The molecule has 24 heavy (non-hydrogen) atoms. The van der Waals surface area contributed by atoms with E-state index < -0.39 is 5.60 Å². The zero-order valence-electron chi connectivity index (χ0n) is 14.7. The van der Waals surface area contributed by atoms with E-state index in [-0.39, 0.29) is 18.0 Å².